The van der Waals surface area contributed by atoms with Crippen molar-refractivity contribution in [3.8, 4) is 0 Å². The monoisotopic (exact) mass is 717 g/mol. The minimum Gasteiger partial charge on any atom is -0.485 e. The molecule has 0 radical (unpaired) electrons. The summed E-state index contributed by atoms with van der Waals surface area (Å²) in [6, 6.07) is 14.8. The normalized spacial score (nSPS) is 17.3. The molecular formula is C47H61N2O2S+. The van der Waals surface area contributed by atoms with Crippen LogP contribution in [0.1, 0.15) is 131 Å². The lowest BCUT2D eigenvalue weighted by Crippen LogP contribution is -2.28. The van der Waals surface area contributed by atoms with Crippen molar-refractivity contribution in [2.75, 3.05) is 0 Å². The van der Waals surface area contributed by atoms with Crippen LogP contribution in [0.25, 0.3) is 0 Å². The zero-order valence-corrected chi connectivity index (χ0v) is 34.3. The molecule has 1 atom stereocenters. The number of ether oxygens (including phenoxy) is 1. The molecule has 1 aromatic carbocycles. The number of Topliss-reactive ketones (excluding diaryl/α,β-unsaturated/α-hetero) is 1. The molecule has 4 nitrogen and oxygen atoms in total. The van der Waals surface area contributed by atoms with Gasteiger partial charge in [0.2, 0.25) is 0 Å². The van der Waals surface area contributed by atoms with Gasteiger partial charge in [-0.1, -0.05) is 119 Å². The number of rotatable bonds is 15. The maximum atomic E-state index is 13.4. The second-order valence-corrected chi connectivity index (χ2v) is 16.4. The third kappa shape index (κ3) is 11.3. The van der Waals surface area contributed by atoms with E-state index in [2.05, 4.69) is 139 Å². The van der Waals surface area contributed by atoms with Crippen molar-refractivity contribution < 1.29 is 14.1 Å². The fourth-order valence-electron chi connectivity index (χ4n) is 6.63. The first-order valence-electron chi connectivity index (χ1n) is 19.2. The van der Waals surface area contributed by atoms with Crippen LogP contribution in [0.4, 0.5) is 0 Å². The molecule has 0 fully saturated rings. The van der Waals surface area contributed by atoms with Gasteiger partial charge in [0.05, 0.1) is 4.91 Å². The van der Waals surface area contributed by atoms with Crippen molar-refractivity contribution in [3.05, 3.63) is 145 Å². The minimum absolute atomic E-state index is 0.0684. The minimum atomic E-state index is -0.194. The first-order valence-corrected chi connectivity index (χ1v) is 20.0. The van der Waals surface area contributed by atoms with Crippen LogP contribution < -0.4 is 4.57 Å². The molecule has 5 heteroatoms. The van der Waals surface area contributed by atoms with Crippen LogP contribution in [-0.4, -0.2) is 11.5 Å². The van der Waals surface area contributed by atoms with Crippen LogP contribution in [0.2, 0.25) is 0 Å². The van der Waals surface area contributed by atoms with E-state index in [0.29, 0.717) is 0 Å². The van der Waals surface area contributed by atoms with Crippen molar-refractivity contribution in [1.29, 1.82) is 0 Å². The van der Waals surface area contributed by atoms with E-state index in [-0.39, 0.29) is 17.3 Å². The molecule has 52 heavy (non-hydrogen) atoms. The number of allylic oxidation sites excluding steroid dienone is 12. The number of ketones is 1. The predicted octanol–water partition coefficient (Wildman–Crippen LogP) is 12.7. The fourth-order valence-corrected chi connectivity index (χ4v) is 7.67. The maximum Gasteiger partial charge on any atom is 0.168 e. The number of nitrogens with zero attached hydrogens (tertiary/aromatic N) is 2. The second-order valence-electron chi connectivity index (χ2n) is 15.4. The molecule has 2 aliphatic carbocycles. The third-order valence-electron chi connectivity index (χ3n) is 9.37. The van der Waals surface area contributed by atoms with Crippen molar-refractivity contribution in [2.45, 2.75) is 120 Å². The average molecular weight is 718 g/mol. The summed E-state index contributed by atoms with van der Waals surface area (Å²) in [7, 11) is 2.04. The van der Waals surface area contributed by atoms with Crippen LogP contribution in [-0.2, 0) is 16.6 Å². The predicted molar refractivity (Wildman–Crippen MR) is 222 cm³/mol. The first kappa shape index (κ1) is 40.8. The molecule has 2 aliphatic rings. The molecule has 276 valence electrons. The van der Waals surface area contributed by atoms with E-state index in [9.17, 15) is 4.79 Å². The first-order chi connectivity index (χ1) is 24.8. The van der Waals surface area contributed by atoms with Crippen LogP contribution in [0.3, 0.4) is 0 Å². The average Bonchev–Trinajstić information content (AvgIpc) is 3.49. The van der Waals surface area contributed by atoms with Crippen LogP contribution in [0.15, 0.2) is 139 Å². The zero-order chi connectivity index (χ0) is 37.8. The van der Waals surface area contributed by atoms with Crippen LogP contribution in [0, 0.1) is 5.41 Å². The maximum absolute atomic E-state index is 13.4. The summed E-state index contributed by atoms with van der Waals surface area (Å²) < 4.78 is 9.35. The molecule has 0 spiro atoms. The summed E-state index contributed by atoms with van der Waals surface area (Å²) in [6.07, 6.45) is 22.8. The number of aromatic nitrogens is 1. The topological polar surface area (TPSA) is 42.5 Å². The van der Waals surface area contributed by atoms with Gasteiger partial charge in [0, 0.05) is 39.4 Å². The Labute approximate surface area is 319 Å². The number of pyridine rings is 1. The lowest BCUT2D eigenvalue weighted by atomic mass is 9.84. The highest BCUT2D eigenvalue weighted by atomic mass is 32.2. The summed E-state index contributed by atoms with van der Waals surface area (Å²) in [5.74, 6) is 0.968. The van der Waals surface area contributed by atoms with Crippen molar-refractivity contribution >= 4 is 23.3 Å². The van der Waals surface area contributed by atoms with Gasteiger partial charge in [-0.15, -0.1) is 0 Å². The van der Waals surface area contributed by atoms with Crippen LogP contribution >= 0.6 is 11.8 Å². The quantitative estimate of drug-likeness (QED) is 0.105. The van der Waals surface area contributed by atoms with E-state index in [4.69, 9.17) is 9.73 Å². The van der Waals surface area contributed by atoms with Gasteiger partial charge >= 0.3 is 0 Å². The summed E-state index contributed by atoms with van der Waals surface area (Å²) >= 11 is 1.60. The molecule has 1 aromatic heterocycles. The largest absolute Gasteiger partial charge is 0.485 e. The van der Waals surface area contributed by atoms with Gasteiger partial charge in [-0.25, -0.2) is 4.57 Å². The molecule has 0 bridgehead atoms. The lowest BCUT2D eigenvalue weighted by molar-refractivity contribution is -0.671. The van der Waals surface area contributed by atoms with E-state index in [1.807, 2.05) is 13.1 Å². The molecular weight excluding hydrogens is 657 g/mol. The van der Waals surface area contributed by atoms with Gasteiger partial charge in [-0.2, -0.15) is 0 Å². The molecule has 1 unspecified atom stereocenters. The molecule has 2 aromatic rings. The summed E-state index contributed by atoms with van der Waals surface area (Å²) in [5, 5.41) is 0. The number of carbonyl (C=O) groups excluding carboxylic acids is 1. The Kier molecular flexibility index (Phi) is 15.1. The molecule has 0 saturated heterocycles. The van der Waals surface area contributed by atoms with Gasteiger partial charge in [0.25, 0.3) is 0 Å². The van der Waals surface area contributed by atoms with Crippen LogP contribution in [0.5, 0.6) is 0 Å². The summed E-state index contributed by atoms with van der Waals surface area (Å²) in [5.41, 5.74) is 10.2. The third-order valence-corrected chi connectivity index (χ3v) is 10.8. The van der Waals surface area contributed by atoms with E-state index in [1.165, 1.54) is 22.3 Å². The number of hydrogen-bond donors (Lipinski definition) is 0. The smallest absolute Gasteiger partial charge is 0.168 e. The second kappa shape index (κ2) is 19.2. The standard InChI is InChI=1S/C47H61N2O2S/c1-11-19-39(42(20-12-2)48-34(5)36-21-15-13-16-22-36)31-40-25-26-41(44(40)51-46(47(7,8)9)38-27-29-49(10)30-28-38)32-43(35(6)50)52-45(33(3)4)37-23-17-14-18-24-37/h13,15-17,21-24,27-32,46H,11-12,14,18-20,25-26H2,1-10H3/q+1/b40-31+,42-39+,43-32+,48-34+. The Bertz CT molecular complexity index is 1820. The summed E-state index contributed by atoms with van der Waals surface area (Å²) in [4.78, 5) is 20.6. The Hall–Kier alpha value is -3.96. The summed E-state index contributed by atoms with van der Waals surface area (Å²) in [6.45, 7) is 19.3. The van der Waals surface area contributed by atoms with Gasteiger partial charge < -0.3 is 4.74 Å². The Morgan fingerprint density at radius 3 is 2.23 bits per heavy atom. The Morgan fingerprint density at radius 1 is 0.962 bits per heavy atom. The van der Waals surface area contributed by atoms with Gasteiger partial charge in [-0.3, -0.25) is 9.79 Å². The molecule has 0 N–H and O–H groups in total. The number of thioether (sulfide) groups is 1. The highest BCUT2D eigenvalue weighted by Gasteiger charge is 2.33. The van der Waals surface area contributed by atoms with Crippen molar-refractivity contribution in [1.82, 2.24) is 0 Å². The van der Waals surface area contributed by atoms with Crippen molar-refractivity contribution in [3.63, 3.8) is 0 Å². The van der Waals surface area contributed by atoms with E-state index in [0.717, 1.165) is 95.0 Å². The van der Waals surface area contributed by atoms with E-state index < -0.39 is 0 Å². The van der Waals surface area contributed by atoms with E-state index >= 15 is 0 Å². The SMILES string of the molecule is CCCC(/C=C1\CCC(/C=C(/SC(C2=CCCC=C2)=C(C)C)C(C)=O)=C1OC(c1cc[n+](C)cc1)C(C)(C)C)=C(CCC)\N=C(/C)c1ccccc1. The fraction of sp³-hybridized carbons (Fsp3) is 0.426. The Morgan fingerprint density at radius 2 is 1.65 bits per heavy atom. The highest BCUT2D eigenvalue weighted by Crippen LogP contribution is 2.45. The highest BCUT2D eigenvalue weighted by molar-refractivity contribution is 8.07. The number of aliphatic imine (C=N–C) groups is 1. The lowest BCUT2D eigenvalue weighted by Gasteiger charge is -2.32. The van der Waals surface area contributed by atoms with Gasteiger partial charge in [0.1, 0.15) is 18.9 Å². The molecule has 4 rings (SSSR count). The molecule has 1 heterocycles. The van der Waals surface area contributed by atoms with Crippen molar-refractivity contribution in [2.24, 2.45) is 17.5 Å². The molecule has 0 aliphatic heterocycles. The number of benzene rings is 1. The van der Waals surface area contributed by atoms with Gasteiger partial charge in [-0.05, 0) is 100 Å². The Balaban J connectivity index is 1.92. The number of hydrogen-bond acceptors (Lipinski definition) is 4. The zero-order valence-electron chi connectivity index (χ0n) is 33.4. The number of carbonyl (C=O) groups is 1. The van der Waals surface area contributed by atoms with E-state index in [1.54, 1.807) is 18.7 Å². The molecule has 0 saturated carbocycles. The molecule has 0 amide bonds. The number of aryl methyl sites for hydroxylation is 1. The van der Waals surface area contributed by atoms with Gasteiger partial charge in [0.15, 0.2) is 18.2 Å².